The molecule has 1 aromatic carbocycles. The van der Waals surface area contributed by atoms with E-state index in [-0.39, 0.29) is 17.3 Å². The number of carbonyl (C=O) groups is 2. The molecule has 2 heterocycles. The van der Waals surface area contributed by atoms with E-state index in [1.165, 1.54) is 22.6 Å². The molecule has 1 aliphatic rings. The van der Waals surface area contributed by atoms with Gasteiger partial charge < -0.3 is 15.1 Å². The van der Waals surface area contributed by atoms with Gasteiger partial charge in [0, 0.05) is 17.8 Å². The molecule has 0 saturated carbocycles. The molecular weight excluding hydrogens is 472 g/mol. The highest BCUT2D eigenvalue weighted by molar-refractivity contribution is 7.13. The van der Waals surface area contributed by atoms with E-state index in [0.29, 0.717) is 12.8 Å². The van der Waals surface area contributed by atoms with Crippen molar-refractivity contribution in [2.45, 2.75) is 69.9 Å². The number of hydrogen-bond acceptors (Lipinski definition) is 4. The van der Waals surface area contributed by atoms with Crippen molar-refractivity contribution >= 4 is 23.2 Å². The first-order valence-electron chi connectivity index (χ1n) is 12.1. The summed E-state index contributed by atoms with van der Waals surface area (Å²) in [6.45, 7) is 2.09. The molecule has 3 atom stereocenters. The van der Waals surface area contributed by atoms with E-state index >= 15 is 0 Å². The van der Waals surface area contributed by atoms with E-state index < -0.39 is 36.4 Å². The van der Waals surface area contributed by atoms with E-state index in [9.17, 15) is 23.5 Å². The van der Waals surface area contributed by atoms with Crippen molar-refractivity contribution < 1.29 is 28.6 Å². The number of carboxylic acids is 1. The van der Waals surface area contributed by atoms with Gasteiger partial charge in [-0.05, 0) is 55.7 Å². The number of carbonyl (C=O) groups excluding carboxylic acids is 1. The Morgan fingerprint density at radius 1 is 1.17 bits per heavy atom. The first-order valence-corrected chi connectivity index (χ1v) is 12.9. The molecule has 2 aromatic rings. The van der Waals surface area contributed by atoms with E-state index in [0.717, 1.165) is 41.9 Å². The van der Waals surface area contributed by atoms with Gasteiger partial charge in [0.1, 0.15) is 4.88 Å². The molecule has 0 aliphatic carbocycles. The minimum atomic E-state index is -3.41. The summed E-state index contributed by atoms with van der Waals surface area (Å²) in [5.74, 6) is -5.62. The lowest BCUT2D eigenvalue weighted by atomic mass is 9.95. The maximum atomic E-state index is 14.2. The Morgan fingerprint density at radius 2 is 1.91 bits per heavy atom. The van der Waals surface area contributed by atoms with Crippen molar-refractivity contribution in [3.05, 3.63) is 69.9 Å². The molecule has 0 unspecified atom stereocenters. The van der Waals surface area contributed by atoms with Crippen LogP contribution in [0.4, 0.5) is 8.78 Å². The van der Waals surface area contributed by atoms with Gasteiger partial charge >= 0.3 is 11.9 Å². The lowest BCUT2D eigenvalue weighted by Gasteiger charge is -2.22. The number of aliphatic hydroxyl groups is 1. The highest BCUT2D eigenvalue weighted by Gasteiger charge is 2.52. The number of alkyl halides is 2. The van der Waals surface area contributed by atoms with Crippen molar-refractivity contribution in [1.82, 2.24) is 4.90 Å². The van der Waals surface area contributed by atoms with Crippen LogP contribution in [-0.4, -0.2) is 51.6 Å². The van der Waals surface area contributed by atoms with Crippen LogP contribution >= 0.6 is 11.3 Å². The Balaban J connectivity index is 1.48. The van der Waals surface area contributed by atoms with Crippen LogP contribution in [0.25, 0.3) is 0 Å². The average molecular weight is 506 g/mol. The Morgan fingerprint density at radius 3 is 2.60 bits per heavy atom. The molecule has 8 heteroatoms. The van der Waals surface area contributed by atoms with Crippen LogP contribution in [-0.2, 0) is 17.6 Å². The largest absolute Gasteiger partial charge is 0.477 e. The number of aryl methyl sites for hydroxylation is 2. The molecule has 0 bridgehead atoms. The number of benzene rings is 1. The summed E-state index contributed by atoms with van der Waals surface area (Å²) >= 11 is 1.15. The van der Waals surface area contributed by atoms with Crippen molar-refractivity contribution in [1.29, 1.82) is 0 Å². The molecule has 190 valence electrons. The van der Waals surface area contributed by atoms with E-state index in [4.69, 9.17) is 5.11 Å². The fourth-order valence-corrected chi connectivity index (χ4v) is 5.24. The van der Waals surface area contributed by atoms with Gasteiger partial charge in [-0.2, -0.15) is 8.78 Å². The SMILES string of the molecule is C[C@@H](CCCCc1ccccc1)[C@@H](O)C=C[C@H]1CC(F)(F)C(=O)N1CCCc1ccc(C(=O)O)s1. The van der Waals surface area contributed by atoms with Gasteiger partial charge in [-0.25, -0.2) is 4.79 Å². The van der Waals surface area contributed by atoms with Crippen LogP contribution < -0.4 is 0 Å². The van der Waals surface area contributed by atoms with Crippen LogP contribution in [0.1, 0.15) is 59.1 Å². The zero-order valence-corrected chi connectivity index (χ0v) is 20.7. The Bertz CT molecular complexity index is 1010. The number of amides is 1. The maximum Gasteiger partial charge on any atom is 0.345 e. The molecule has 0 radical (unpaired) electrons. The number of unbranched alkanes of at least 4 members (excludes halogenated alkanes) is 1. The zero-order chi connectivity index (χ0) is 25.4. The van der Waals surface area contributed by atoms with E-state index in [1.54, 1.807) is 12.1 Å². The molecule has 1 amide bonds. The lowest BCUT2D eigenvalue weighted by molar-refractivity contribution is -0.148. The highest BCUT2D eigenvalue weighted by atomic mass is 32.1. The highest BCUT2D eigenvalue weighted by Crippen LogP contribution is 2.34. The number of thiophene rings is 1. The maximum absolute atomic E-state index is 14.2. The van der Waals surface area contributed by atoms with Crippen LogP contribution in [0.5, 0.6) is 0 Å². The van der Waals surface area contributed by atoms with Gasteiger partial charge in [-0.3, -0.25) is 4.79 Å². The standard InChI is InChI=1S/C27H33F2NO4S/c1-19(8-5-6-11-20-9-3-2-4-10-20)23(31)15-13-21-18-27(28,29)26(34)30(21)17-7-12-22-14-16-24(35-22)25(32)33/h2-4,9-10,13-16,19,21,23,31H,5-8,11-12,17-18H2,1H3,(H,32,33)/t19-,21-,23-/m0/s1. The third kappa shape index (κ3) is 7.70. The number of rotatable bonds is 13. The normalized spacial score (nSPS) is 19.4. The molecule has 1 saturated heterocycles. The summed E-state index contributed by atoms with van der Waals surface area (Å²) in [5.41, 5.74) is 1.29. The van der Waals surface area contributed by atoms with Crippen molar-refractivity contribution in [3.8, 4) is 0 Å². The molecule has 2 N–H and O–H groups in total. The van der Waals surface area contributed by atoms with Crippen molar-refractivity contribution in [2.24, 2.45) is 5.92 Å². The van der Waals surface area contributed by atoms with Crippen LogP contribution in [0, 0.1) is 5.92 Å². The van der Waals surface area contributed by atoms with Gasteiger partial charge in [0.2, 0.25) is 0 Å². The number of aliphatic hydroxyl groups excluding tert-OH is 1. The third-order valence-corrected chi connectivity index (χ3v) is 7.60. The summed E-state index contributed by atoms with van der Waals surface area (Å²) in [4.78, 5) is 25.5. The summed E-state index contributed by atoms with van der Waals surface area (Å²) < 4.78 is 28.3. The minimum Gasteiger partial charge on any atom is -0.477 e. The number of nitrogens with zero attached hydrogens (tertiary/aromatic N) is 1. The molecule has 1 fully saturated rings. The van der Waals surface area contributed by atoms with Gasteiger partial charge in [-0.1, -0.05) is 55.8 Å². The smallest absolute Gasteiger partial charge is 0.345 e. The van der Waals surface area contributed by atoms with Crippen LogP contribution in [0.15, 0.2) is 54.6 Å². The van der Waals surface area contributed by atoms with Crippen molar-refractivity contribution in [2.75, 3.05) is 6.54 Å². The number of likely N-dealkylation sites (tertiary alicyclic amines) is 1. The zero-order valence-electron chi connectivity index (χ0n) is 19.9. The van der Waals surface area contributed by atoms with Gasteiger partial charge in [-0.15, -0.1) is 11.3 Å². The third-order valence-electron chi connectivity index (χ3n) is 6.47. The predicted octanol–water partition coefficient (Wildman–Crippen LogP) is 5.58. The molecule has 35 heavy (non-hydrogen) atoms. The first kappa shape index (κ1) is 27.0. The second kappa shape index (κ2) is 12.4. The number of aromatic carboxylic acids is 1. The second-order valence-electron chi connectivity index (χ2n) is 9.23. The average Bonchev–Trinajstić information content (AvgIpc) is 3.39. The fraction of sp³-hybridized carbons (Fsp3) is 0.481. The van der Waals surface area contributed by atoms with Crippen LogP contribution in [0.2, 0.25) is 0 Å². The Kier molecular flexibility index (Phi) is 9.57. The second-order valence-corrected chi connectivity index (χ2v) is 10.4. The molecule has 3 rings (SSSR count). The minimum absolute atomic E-state index is 0.0182. The number of halogens is 2. The molecule has 5 nitrogen and oxygen atoms in total. The molecule has 1 aliphatic heterocycles. The fourth-order valence-electron chi connectivity index (χ4n) is 4.35. The van der Waals surface area contributed by atoms with Gasteiger partial charge in [0.15, 0.2) is 0 Å². The summed E-state index contributed by atoms with van der Waals surface area (Å²) in [5, 5.41) is 19.5. The lowest BCUT2D eigenvalue weighted by Crippen LogP contribution is -2.36. The number of carboxylic acid groups (broad SMARTS) is 1. The summed E-state index contributed by atoms with van der Waals surface area (Å²) in [6, 6.07) is 12.7. The topological polar surface area (TPSA) is 77.8 Å². The quantitative estimate of drug-likeness (QED) is 0.275. The molecule has 0 spiro atoms. The van der Waals surface area contributed by atoms with Crippen LogP contribution in [0.3, 0.4) is 0 Å². The molecular formula is C27H33F2NO4S. The summed E-state index contributed by atoms with van der Waals surface area (Å²) in [6.07, 6.45) is 6.46. The van der Waals surface area contributed by atoms with Gasteiger partial charge in [0.25, 0.3) is 5.91 Å². The van der Waals surface area contributed by atoms with Crippen molar-refractivity contribution in [3.63, 3.8) is 0 Å². The Hall–Kier alpha value is -2.58. The molecule has 1 aromatic heterocycles. The Labute approximate surface area is 209 Å². The summed E-state index contributed by atoms with van der Waals surface area (Å²) in [7, 11) is 0. The first-order chi connectivity index (χ1) is 16.7. The van der Waals surface area contributed by atoms with Gasteiger partial charge in [0.05, 0.1) is 12.1 Å². The van der Waals surface area contributed by atoms with E-state index in [1.807, 2.05) is 25.1 Å². The number of hydrogen-bond donors (Lipinski definition) is 2. The monoisotopic (exact) mass is 505 g/mol. The van der Waals surface area contributed by atoms with E-state index in [2.05, 4.69) is 12.1 Å². The predicted molar refractivity (Wildman–Crippen MR) is 133 cm³/mol.